The number of benzene rings is 3. The van der Waals surface area contributed by atoms with Crippen LogP contribution in [0.1, 0.15) is 4.28 Å². The van der Waals surface area contributed by atoms with Gasteiger partial charge in [-0.15, -0.1) is 5.11 Å². The minimum absolute atomic E-state index is 0. The minimum atomic E-state index is -5.65. The summed E-state index contributed by atoms with van der Waals surface area (Å²) in [6.07, 6.45) is 0. The van der Waals surface area contributed by atoms with E-state index in [9.17, 15) is 49.1 Å². The van der Waals surface area contributed by atoms with Crippen LogP contribution in [-0.2, 0) is 47.4 Å². The Morgan fingerprint density at radius 3 is 1.93 bits per heavy atom. The summed E-state index contributed by atoms with van der Waals surface area (Å²) in [5, 5.41) is 31.8. The molecule has 0 atom stereocenters. The van der Waals surface area contributed by atoms with Crippen LogP contribution in [0.15, 0.2) is 61.3 Å². The van der Waals surface area contributed by atoms with Gasteiger partial charge in [-0.25, -0.2) is 25.3 Å². The number of hydrogen-bond donors (Lipinski definition) is 1. The maximum absolute atomic E-state index is 13.2. The van der Waals surface area contributed by atoms with Crippen molar-refractivity contribution in [3.8, 4) is 11.5 Å². The van der Waals surface area contributed by atoms with Crippen molar-refractivity contribution in [1.29, 1.82) is 0 Å². The molecule has 225 valence electrons. The summed E-state index contributed by atoms with van der Waals surface area (Å²) in [7, 11) is -16.3. The second-order valence-electron chi connectivity index (χ2n) is 7.60. The summed E-state index contributed by atoms with van der Waals surface area (Å²) >= 11 is 11.3. The van der Waals surface area contributed by atoms with Crippen molar-refractivity contribution in [2.75, 3.05) is 5.32 Å². The van der Waals surface area contributed by atoms with Crippen LogP contribution in [0.4, 0.5) is 23.0 Å². The second-order valence-corrected chi connectivity index (χ2v) is 12.3. The summed E-state index contributed by atoms with van der Waals surface area (Å²) in [5.41, 5.74) is -2.62. The summed E-state index contributed by atoms with van der Waals surface area (Å²) in [4.78, 5) is 7.19. The van der Waals surface area contributed by atoms with Gasteiger partial charge in [0, 0.05) is 5.39 Å². The van der Waals surface area contributed by atoms with Gasteiger partial charge in [0.05, 0.1) is 31.7 Å². The largest absolute Gasteiger partial charge is 2.00 e. The Morgan fingerprint density at radius 2 is 1.38 bits per heavy atom. The molecule has 1 radical (unpaired) electrons. The standard InChI is InChI=1S/C19H12Cl2N6O11S3.Cu/c20-17-23-18(21)25-19(24-17)22-10-3-2-8-9(16(10)41(36,37)38)6-13(40(33,34)35)14(15(8)29)27-26-11-5-7(39(30,31)32)1-4-12(11)28;/h1-6,28-29H,(H,30,31,32)(H,33,34,35)(H,36,37,38)(H,22,23,24,25);/q;+2/p-2. The number of aromatic nitrogens is 3. The molecular weight excluding hydrogens is 719 g/mol. The molecule has 0 spiro atoms. The molecule has 0 aliphatic rings. The first-order valence-electron chi connectivity index (χ1n) is 10.1. The van der Waals surface area contributed by atoms with E-state index in [1.54, 1.807) is 0 Å². The van der Waals surface area contributed by atoms with Gasteiger partial charge < -0.3 is 29.2 Å². The number of fused-ring (bicyclic) bond motifs is 1. The van der Waals surface area contributed by atoms with Crippen LogP contribution >= 0.6 is 23.2 Å². The summed E-state index contributed by atoms with van der Waals surface area (Å²) in [5.74, 6) is -2.89. The molecule has 3 aromatic carbocycles. The molecule has 0 fully saturated rings. The van der Waals surface area contributed by atoms with Crippen LogP contribution in [-0.4, -0.2) is 53.9 Å². The number of hydrogen-bond acceptors (Lipinski definition) is 17. The summed E-state index contributed by atoms with van der Waals surface area (Å²) in [6, 6.07) is 3.98. The Labute approximate surface area is 260 Å². The molecule has 17 nitrogen and oxygen atoms in total. The fourth-order valence-corrected chi connectivity index (χ4v) is 5.68. The number of nitrogens with one attached hydrogen (secondary N) is 1. The van der Waals surface area contributed by atoms with Crippen LogP contribution in [0.3, 0.4) is 0 Å². The molecule has 0 amide bonds. The van der Waals surface area contributed by atoms with Crippen molar-refractivity contribution in [3.05, 3.63) is 47.0 Å². The summed E-state index contributed by atoms with van der Waals surface area (Å²) in [6.45, 7) is 0. The topological polar surface area (TPSA) is 293 Å². The van der Waals surface area contributed by atoms with Crippen LogP contribution in [0.5, 0.6) is 11.5 Å². The van der Waals surface area contributed by atoms with Crippen molar-refractivity contribution in [2.45, 2.75) is 14.7 Å². The molecule has 0 unspecified atom stereocenters. The monoisotopic (exact) mass is 727 g/mol. The van der Waals surface area contributed by atoms with Gasteiger partial charge >= 0.3 is 21.3 Å². The Morgan fingerprint density at radius 1 is 0.762 bits per heavy atom. The Balaban J connectivity index is 0.00000484. The van der Waals surface area contributed by atoms with Gasteiger partial charge in [0.1, 0.15) is 30.4 Å². The normalized spacial score (nSPS) is 12.4. The molecule has 0 saturated carbocycles. The number of azo groups is 1. The Kier molecular flexibility index (Phi) is 9.34. The number of rotatable bonds is 7. The van der Waals surface area contributed by atoms with Crippen LogP contribution in [0.25, 0.3) is 10.8 Å². The zero-order valence-electron chi connectivity index (χ0n) is 22.5. The average Bonchev–Trinajstić information content (AvgIpc) is 2.81. The van der Waals surface area contributed by atoms with Gasteiger partial charge in [0.15, 0.2) is 0 Å². The molecule has 0 bridgehead atoms. The van der Waals surface area contributed by atoms with Crippen molar-refractivity contribution in [2.24, 2.45) is 10.2 Å². The maximum Gasteiger partial charge on any atom is 2.00 e. The van der Waals surface area contributed by atoms with Gasteiger partial charge in [-0.1, -0.05) is 23.6 Å². The van der Waals surface area contributed by atoms with E-state index in [2.05, 4.69) is 30.5 Å². The quantitative estimate of drug-likeness (QED) is 0.161. The van der Waals surface area contributed by atoms with Gasteiger partial charge in [0.25, 0.3) is 0 Å². The first kappa shape index (κ1) is 33.3. The van der Waals surface area contributed by atoms with Gasteiger partial charge in [-0.3, -0.25) is 0 Å². The van der Waals surface area contributed by atoms with E-state index in [4.69, 9.17) is 23.2 Å². The molecule has 1 heterocycles. The zero-order chi connectivity index (χ0) is 30.5. The van der Waals surface area contributed by atoms with E-state index in [0.717, 1.165) is 12.1 Å². The zero-order valence-corrected chi connectivity index (χ0v) is 24.4. The minimum Gasteiger partial charge on any atom is -0.871 e. The number of halogens is 2. The second kappa shape index (κ2) is 11.8. The van der Waals surface area contributed by atoms with E-state index >= 15 is 0 Å². The SMILES string of the molecule is O=S(=O)([O-])c1ccc([O-])c(N=Nc2c(S(=O)(=O)[O-])cc3c(S(=O)(=O)[O-])c(Nc4nc(Cl)nc(Cl)n4)ccc3c2[O-])c1.[Cu+2].[H+].[H+].[H+]. The van der Waals surface area contributed by atoms with E-state index in [1.165, 1.54) is 0 Å². The van der Waals surface area contributed by atoms with Gasteiger partial charge in [-0.05, 0) is 52.9 Å². The van der Waals surface area contributed by atoms with Crippen molar-refractivity contribution < 1.29 is 70.5 Å². The van der Waals surface area contributed by atoms with Gasteiger partial charge in [-0.2, -0.15) is 20.1 Å². The van der Waals surface area contributed by atoms with E-state index < -0.39 is 101 Å². The Bertz CT molecular complexity index is 2110. The molecule has 42 heavy (non-hydrogen) atoms. The predicted molar refractivity (Wildman–Crippen MR) is 134 cm³/mol. The van der Waals surface area contributed by atoms with E-state index in [-0.39, 0.29) is 21.3 Å². The molecule has 0 aliphatic carbocycles. The molecule has 1 N–H and O–H groups in total. The number of nitrogens with zero attached hydrogens (tertiary/aromatic N) is 5. The molecular formula is C19H10Cl2CuN6O11S3. The maximum atomic E-state index is 13.2. The van der Waals surface area contributed by atoms with Gasteiger partial charge in [0.2, 0.25) is 16.5 Å². The average molecular weight is 729 g/mol. The molecule has 4 rings (SSSR count). The molecule has 0 saturated heterocycles. The van der Waals surface area contributed by atoms with E-state index in [0.29, 0.717) is 24.3 Å². The predicted octanol–water partition coefficient (Wildman–Crippen LogP) is 1.69. The fraction of sp³-hybridized carbons (Fsp3) is 0. The van der Waals surface area contributed by atoms with Crippen molar-refractivity contribution in [1.82, 2.24) is 15.0 Å². The van der Waals surface area contributed by atoms with Crippen molar-refractivity contribution in [3.63, 3.8) is 0 Å². The third kappa shape index (κ3) is 7.03. The first-order valence-corrected chi connectivity index (χ1v) is 15.1. The van der Waals surface area contributed by atoms with Crippen molar-refractivity contribution >= 4 is 87.3 Å². The third-order valence-corrected chi connectivity index (χ3v) is 7.95. The third-order valence-electron chi connectivity index (χ3n) is 4.99. The molecule has 0 aliphatic heterocycles. The van der Waals surface area contributed by atoms with Crippen LogP contribution < -0.4 is 15.5 Å². The molecule has 1 aromatic heterocycles. The molecule has 23 heteroatoms. The smallest absolute Gasteiger partial charge is 0.871 e. The molecule has 4 aromatic rings. The van der Waals surface area contributed by atoms with Crippen LogP contribution in [0, 0.1) is 0 Å². The van der Waals surface area contributed by atoms with Crippen LogP contribution in [0.2, 0.25) is 10.6 Å². The number of anilines is 2. The van der Waals surface area contributed by atoms with E-state index in [1.807, 2.05) is 0 Å². The summed E-state index contributed by atoms with van der Waals surface area (Å²) < 4.78 is 107. The fourth-order valence-electron chi connectivity index (χ4n) is 3.37. The first-order chi connectivity index (χ1) is 18.9. The Hall–Kier alpha value is -3.24.